The number of fused-ring (bicyclic) bond motifs is 2. The minimum absolute atomic E-state index is 0.0202. The van der Waals surface area contributed by atoms with Crippen molar-refractivity contribution in [2.45, 2.75) is 97.5 Å². The maximum atomic E-state index is 15.5. The average Bonchev–Trinajstić information content (AvgIpc) is 3.75. The Bertz CT molecular complexity index is 2450. The molecule has 1 aromatic heterocycles. The van der Waals surface area contributed by atoms with E-state index in [4.69, 9.17) is 27.9 Å². The Morgan fingerprint density at radius 1 is 0.889 bits per heavy atom. The maximum absolute atomic E-state index is 15.5. The van der Waals surface area contributed by atoms with Gasteiger partial charge in [-0.2, -0.15) is 0 Å². The third-order valence-electron chi connectivity index (χ3n) is 15.5. The normalized spacial score (nSPS) is 26.6. The number of amides is 4. The number of piperidine rings is 3. The predicted molar refractivity (Wildman–Crippen MR) is 235 cm³/mol. The fourth-order valence-electron chi connectivity index (χ4n) is 12.7. The first kappa shape index (κ1) is 41.9. The zero-order chi connectivity index (χ0) is 44.2. The Labute approximate surface area is 372 Å². The molecule has 7 heterocycles. The van der Waals surface area contributed by atoms with E-state index in [0.717, 1.165) is 88.3 Å². The highest BCUT2D eigenvalue weighted by atomic mass is 35.5. The quantitative estimate of drug-likeness (QED) is 0.190. The van der Waals surface area contributed by atoms with Gasteiger partial charge < -0.3 is 19.4 Å². The van der Waals surface area contributed by atoms with Crippen LogP contribution in [0.2, 0.25) is 5.02 Å². The number of ether oxygens (including phenoxy) is 1. The van der Waals surface area contributed by atoms with Crippen molar-refractivity contribution in [2.24, 2.45) is 22.2 Å². The lowest BCUT2D eigenvalue weighted by atomic mass is 9.49. The monoisotopic (exact) mass is 876 g/mol. The highest BCUT2D eigenvalue weighted by molar-refractivity contribution is 6.33. The average molecular weight is 877 g/mol. The van der Waals surface area contributed by atoms with Crippen LogP contribution in [0, 0.1) is 34.6 Å². The van der Waals surface area contributed by atoms with Crippen LogP contribution in [0.15, 0.2) is 42.5 Å². The molecule has 1 N–H and O–H groups in total. The fourth-order valence-corrected chi connectivity index (χ4v) is 12.9. The second-order valence-corrected chi connectivity index (χ2v) is 20.7. The summed E-state index contributed by atoms with van der Waals surface area (Å²) in [5.41, 5.74) is 3.14. The van der Waals surface area contributed by atoms with Gasteiger partial charge in [0.1, 0.15) is 29.5 Å². The molecular weight excluding hydrogens is 823 g/mol. The Hall–Kier alpha value is -5.10. The molecule has 2 aromatic carbocycles. The summed E-state index contributed by atoms with van der Waals surface area (Å²) >= 11 is 6.34. The molecule has 330 valence electrons. The predicted octanol–water partition coefficient (Wildman–Crippen LogP) is 6.84. The zero-order valence-corrected chi connectivity index (χ0v) is 37.1. The van der Waals surface area contributed by atoms with Gasteiger partial charge in [-0.1, -0.05) is 51.4 Å². The fraction of sp³-hybridized carbons (Fsp3) is 0.542. The van der Waals surface area contributed by atoms with Gasteiger partial charge in [0.05, 0.1) is 34.1 Å². The Morgan fingerprint density at radius 2 is 1.59 bits per heavy atom. The third-order valence-corrected chi connectivity index (χ3v) is 15.8. The second kappa shape index (κ2) is 15.3. The molecule has 1 aliphatic carbocycles. The van der Waals surface area contributed by atoms with E-state index in [0.29, 0.717) is 47.2 Å². The Morgan fingerprint density at radius 3 is 2.25 bits per heavy atom. The first-order valence-electron chi connectivity index (χ1n) is 22.4. The lowest BCUT2D eigenvalue weighted by Crippen LogP contribution is -2.74. The number of nitrogens with one attached hydrogen (secondary N) is 1. The first-order chi connectivity index (χ1) is 30.0. The van der Waals surface area contributed by atoms with Crippen LogP contribution in [0.5, 0.6) is 5.75 Å². The van der Waals surface area contributed by atoms with Crippen molar-refractivity contribution in [2.75, 3.05) is 55.6 Å². The van der Waals surface area contributed by atoms with Crippen LogP contribution >= 0.6 is 11.6 Å². The van der Waals surface area contributed by atoms with Crippen molar-refractivity contribution in [3.63, 3.8) is 0 Å². The molecule has 4 saturated heterocycles. The number of halogens is 2. The minimum atomic E-state index is -1.08. The van der Waals surface area contributed by atoms with Crippen LogP contribution in [0.3, 0.4) is 0 Å². The molecule has 6 aliphatic heterocycles. The zero-order valence-electron chi connectivity index (χ0n) is 36.4. The van der Waals surface area contributed by atoms with Gasteiger partial charge in [-0.15, -0.1) is 0 Å². The van der Waals surface area contributed by atoms with E-state index in [1.807, 2.05) is 11.0 Å². The molecule has 5 fully saturated rings. The third kappa shape index (κ3) is 7.06. The summed E-state index contributed by atoms with van der Waals surface area (Å²) in [5, 5.41) is 2.61. The first-order valence-corrected chi connectivity index (χ1v) is 22.8. The smallest absolute Gasteiger partial charge is 0.262 e. The van der Waals surface area contributed by atoms with Gasteiger partial charge in [-0.05, 0) is 87.0 Å². The van der Waals surface area contributed by atoms with Crippen molar-refractivity contribution < 1.29 is 28.3 Å². The summed E-state index contributed by atoms with van der Waals surface area (Å²) in [6, 6.07) is 11.6. The molecule has 0 radical (unpaired) electrons. The maximum Gasteiger partial charge on any atom is 0.262 e. The molecule has 1 atom stereocenters. The lowest BCUT2D eigenvalue weighted by molar-refractivity contribution is -0.211. The summed E-state index contributed by atoms with van der Waals surface area (Å²) in [5.74, 6) is -0.604. The molecule has 1 unspecified atom stereocenters. The van der Waals surface area contributed by atoms with Crippen molar-refractivity contribution in [1.82, 2.24) is 25.0 Å². The van der Waals surface area contributed by atoms with Gasteiger partial charge in [0, 0.05) is 74.5 Å². The highest BCUT2D eigenvalue weighted by Gasteiger charge is 2.66. The lowest BCUT2D eigenvalue weighted by Gasteiger charge is -2.65. The van der Waals surface area contributed by atoms with E-state index in [1.165, 1.54) is 17.3 Å². The van der Waals surface area contributed by atoms with Crippen LogP contribution < -0.4 is 19.9 Å². The number of hydrogen-bond donors (Lipinski definition) is 1. The van der Waals surface area contributed by atoms with Crippen molar-refractivity contribution in [3.8, 4) is 5.75 Å². The number of carbonyl (C=O) groups excluding carboxylic acids is 4. The second-order valence-electron chi connectivity index (χ2n) is 20.3. The molecule has 63 heavy (non-hydrogen) atoms. The number of rotatable bonds is 8. The highest BCUT2D eigenvalue weighted by Crippen LogP contribution is 2.59. The van der Waals surface area contributed by atoms with Gasteiger partial charge in [-0.25, -0.2) is 14.2 Å². The number of imide groups is 2. The number of nitrogens with zero attached hydrogens (tertiary/aromatic N) is 7. The summed E-state index contributed by atoms with van der Waals surface area (Å²) in [7, 11) is 0. The number of hydrogen-bond acceptors (Lipinski definition) is 10. The van der Waals surface area contributed by atoms with Gasteiger partial charge in [0.25, 0.3) is 11.8 Å². The Kier molecular flexibility index (Phi) is 10.2. The molecule has 1 saturated carbocycles. The van der Waals surface area contributed by atoms with E-state index in [9.17, 15) is 19.2 Å². The molecule has 7 aliphatic rings. The number of aromatic nitrogens is 1. The van der Waals surface area contributed by atoms with Crippen molar-refractivity contribution >= 4 is 52.4 Å². The van der Waals surface area contributed by atoms with Gasteiger partial charge in [0.15, 0.2) is 0 Å². The molecule has 3 aromatic rings. The van der Waals surface area contributed by atoms with Gasteiger partial charge in [0.2, 0.25) is 17.5 Å². The summed E-state index contributed by atoms with van der Waals surface area (Å²) < 4.78 is 22.1. The number of likely N-dealkylation sites (tertiary alicyclic amines) is 1. The van der Waals surface area contributed by atoms with Crippen molar-refractivity contribution in [3.05, 3.63) is 87.1 Å². The number of carbonyl (C=O) groups is 4. The molecule has 0 bridgehead atoms. The standard InChI is InChI=1S/C48H54ClFN8O5/c1-46(2)44(47(3,4)45(46)63-30-7-8-35(51-5)33(49)20-30)56-24-29-6-10-39(52-36(29)25-56)55-16-12-28(13-17-55)23-54-18-14-48(15-19-54)26-57(27-48)38-22-32-31(21-34(38)50)42(61)58(43(32)62)37-9-11-40(59)53-41(37)60/h6-8,10,20-22,28,37,44-45H,9,11-19,23-27H2,1-4H3,(H,53,59,60). The van der Waals surface area contributed by atoms with Crippen LogP contribution in [-0.2, 0) is 22.7 Å². The van der Waals surface area contributed by atoms with Crippen LogP contribution in [-0.4, -0.2) is 107 Å². The number of pyridine rings is 1. The minimum Gasteiger partial charge on any atom is -0.489 e. The van der Waals surface area contributed by atoms with Crippen molar-refractivity contribution in [1.29, 1.82) is 0 Å². The topological polar surface area (TPSA) is 123 Å². The number of benzene rings is 2. The van der Waals surface area contributed by atoms with Gasteiger partial charge in [-0.3, -0.25) is 34.3 Å². The van der Waals surface area contributed by atoms with E-state index < -0.39 is 35.5 Å². The van der Waals surface area contributed by atoms with Crippen LogP contribution in [0.25, 0.3) is 4.85 Å². The number of anilines is 2. The van der Waals surface area contributed by atoms with E-state index >= 15 is 4.39 Å². The largest absolute Gasteiger partial charge is 0.489 e. The molecule has 13 nitrogen and oxygen atoms in total. The molecule has 4 amide bonds. The van der Waals surface area contributed by atoms with Crippen LogP contribution in [0.1, 0.15) is 98.2 Å². The summed E-state index contributed by atoms with van der Waals surface area (Å²) in [6.45, 7) is 24.6. The SMILES string of the molecule is [C-]#[N+]c1ccc(OC2C(C)(C)C(N3Cc4ccc(N5CCC(CN6CCC7(CC6)CN(c6cc8c(cc6F)C(=O)N(C6CCC(=O)NC6=O)C8=O)C7)CC5)nc4C3)C2(C)C)cc1Cl. The van der Waals surface area contributed by atoms with E-state index in [-0.39, 0.29) is 46.3 Å². The Balaban J connectivity index is 0.691. The molecule has 1 spiro atoms. The van der Waals surface area contributed by atoms with Gasteiger partial charge >= 0.3 is 0 Å². The molecular formula is C48H54ClFN8O5. The molecule has 15 heteroatoms. The van der Waals surface area contributed by atoms with E-state index in [2.05, 4.69) is 64.7 Å². The summed E-state index contributed by atoms with van der Waals surface area (Å²) in [4.78, 5) is 69.9. The van der Waals surface area contributed by atoms with E-state index in [1.54, 1.807) is 12.1 Å². The molecule has 10 rings (SSSR count). The van der Waals surface area contributed by atoms with Crippen LogP contribution in [0.4, 0.5) is 21.6 Å². The summed E-state index contributed by atoms with van der Waals surface area (Å²) in [6.07, 6.45) is 4.37.